The zero-order valence-corrected chi connectivity index (χ0v) is 21.3. The number of nitrogens with one attached hydrogen (secondary N) is 2. The molecule has 188 valence electrons. The van der Waals surface area contributed by atoms with Crippen molar-refractivity contribution in [2.45, 2.75) is 45.7 Å². The molecule has 2 unspecified atom stereocenters. The van der Waals surface area contributed by atoms with E-state index in [2.05, 4.69) is 61.5 Å². The maximum absolute atomic E-state index is 13.5. The van der Waals surface area contributed by atoms with Crippen LogP contribution in [0.25, 0.3) is 11.3 Å². The first-order valence-electron chi connectivity index (χ1n) is 12.7. The van der Waals surface area contributed by atoms with Gasteiger partial charge in [0.25, 0.3) is 5.91 Å². The topological polar surface area (TPSA) is 103 Å². The van der Waals surface area contributed by atoms with Crippen LogP contribution in [-0.4, -0.2) is 61.1 Å². The van der Waals surface area contributed by atoms with Crippen molar-refractivity contribution in [3.63, 3.8) is 0 Å². The third kappa shape index (κ3) is 4.64. The van der Waals surface area contributed by atoms with Gasteiger partial charge in [-0.05, 0) is 45.7 Å². The molecule has 37 heavy (non-hydrogen) atoms. The Morgan fingerprint density at radius 3 is 2.35 bits per heavy atom. The smallest absolute Gasteiger partial charge is 0.256 e. The molecule has 3 aromatic heterocycles. The Morgan fingerprint density at radius 2 is 1.70 bits per heavy atom. The van der Waals surface area contributed by atoms with E-state index in [4.69, 9.17) is 9.97 Å². The third-order valence-electron chi connectivity index (χ3n) is 7.16. The summed E-state index contributed by atoms with van der Waals surface area (Å²) in [4.78, 5) is 31.9. The zero-order valence-electron chi connectivity index (χ0n) is 21.3. The highest BCUT2D eigenvalue weighted by atomic mass is 16.2. The number of anilines is 3. The van der Waals surface area contributed by atoms with Crippen molar-refractivity contribution < 1.29 is 4.79 Å². The van der Waals surface area contributed by atoms with Crippen LogP contribution in [0, 0.1) is 20.8 Å². The molecule has 1 amide bonds. The highest BCUT2D eigenvalue weighted by molar-refractivity contribution is 5.95. The van der Waals surface area contributed by atoms with E-state index in [1.54, 1.807) is 6.20 Å². The molecule has 0 radical (unpaired) electrons. The molecule has 2 saturated heterocycles. The van der Waals surface area contributed by atoms with E-state index in [-0.39, 0.29) is 18.0 Å². The van der Waals surface area contributed by atoms with Gasteiger partial charge >= 0.3 is 0 Å². The minimum Gasteiger partial charge on any atom is -0.337 e. The molecule has 1 aromatic carbocycles. The maximum atomic E-state index is 13.5. The van der Waals surface area contributed by atoms with Crippen LogP contribution < -0.4 is 10.2 Å². The van der Waals surface area contributed by atoms with Gasteiger partial charge in [-0.25, -0.2) is 4.98 Å². The number of amides is 1. The average Bonchev–Trinajstić information content (AvgIpc) is 3.42. The van der Waals surface area contributed by atoms with E-state index in [1.807, 2.05) is 38.1 Å². The first-order chi connectivity index (χ1) is 17.9. The highest BCUT2D eigenvalue weighted by Gasteiger charge is 2.43. The SMILES string of the molecule is Cc1ccc(-c2ccc(C(=O)N3C4CCC3CN(c3nc(C)cc(Nc5cc(C)[nH]n5)n3)C4)cn2)cc1. The van der Waals surface area contributed by atoms with Crippen molar-refractivity contribution in [3.05, 3.63) is 77.2 Å². The Kier molecular flexibility index (Phi) is 5.82. The van der Waals surface area contributed by atoms with Gasteiger partial charge in [0.1, 0.15) is 5.82 Å². The second kappa shape index (κ2) is 9.31. The van der Waals surface area contributed by atoms with Crippen LogP contribution in [-0.2, 0) is 0 Å². The van der Waals surface area contributed by atoms with Crippen molar-refractivity contribution in [2.75, 3.05) is 23.3 Å². The monoisotopic (exact) mass is 494 g/mol. The average molecular weight is 495 g/mol. The van der Waals surface area contributed by atoms with Crippen LogP contribution in [0.2, 0.25) is 0 Å². The molecular weight excluding hydrogens is 464 g/mol. The first-order valence-corrected chi connectivity index (χ1v) is 12.7. The number of H-pyrrole nitrogens is 1. The Hall–Kier alpha value is -4.27. The molecule has 9 heteroatoms. The van der Waals surface area contributed by atoms with Gasteiger partial charge in [-0.15, -0.1) is 0 Å². The molecule has 2 N–H and O–H groups in total. The van der Waals surface area contributed by atoms with E-state index in [1.165, 1.54) is 5.56 Å². The predicted molar refractivity (Wildman–Crippen MR) is 143 cm³/mol. The summed E-state index contributed by atoms with van der Waals surface area (Å²) in [5.74, 6) is 2.16. The van der Waals surface area contributed by atoms with Gasteiger partial charge in [-0.2, -0.15) is 10.1 Å². The summed E-state index contributed by atoms with van der Waals surface area (Å²) in [6, 6.07) is 16.2. The lowest BCUT2D eigenvalue weighted by Crippen LogP contribution is -2.56. The van der Waals surface area contributed by atoms with Crippen molar-refractivity contribution >= 4 is 23.5 Å². The molecule has 0 spiro atoms. The summed E-state index contributed by atoms with van der Waals surface area (Å²) < 4.78 is 0. The highest BCUT2D eigenvalue weighted by Crippen LogP contribution is 2.33. The number of aryl methyl sites for hydroxylation is 3. The largest absolute Gasteiger partial charge is 0.337 e. The molecule has 2 aliphatic rings. The number of aromatic nitrogens is 5. The Bertz CT molecular complexity index is 1420. The number of piperazine rings is 1. The molecule has 0 aliphatic carbocycles. The van der Waals surface area contributed by atoms with Crippen LogP contribution in [0.3, 0.4) is 0 Å². The third-order valence-corrected chi connectivity index (χ3v) is 7.16. The number of hydrogen-bond acceptors (Lipinski definition) is 7. The standard InChI is InChI=1S/C28H30N8O/c1-17-4-6-20(7-5-17)24-11-8-21(14-29-24)27(37)36-22-9-10-23(36)16-35(15-22)28-30-18(2)12-25(32-28)31-26-13-19(3)33-34-26/h4-8,11-14,22-23H,9-10,15-16H2,1-3H3,(H2,30,31,32,33,34). The van der Waals surface area contributed by atoms with Crippen LogP contribution in [0.5, 0.6) is 0 Å². The fourth-order valence-electron chi connectivity index (χ4n) is 5.33. The summed E-state index contributed by atoms with van der Waals surface area (Å²) in [6.45, 7) is 7.41. The molecule has 2 bridgehead atoms. The van der Waals surface area contributed by atoms with Gasteiger partial charge in [0.05, 0.1) is 23.3 Å². The molecule has 2 aliphatic heterocycles. The minimum absolute atomic E-state index is 0.0523. The van der Waals surface area contributed by atoms with Crippen molar-refractivity contribution in [1.82, 2.24) is 30.0 Å². The number of fused-ring (bicyclic) bond motifs is 2. The lowest BCUT2D eigenvalue weighted by Gasteiger charge is -2.41. The van der Waals surface area contributed by atoms with Crippen LogP contribution >= 0.6 is 0 Å². The van der Waals surface area contributed by atoms with Gasteiger partial charge in [0.2, 0.25) is 5.95 Å². The molecule has 0 saturated carbocycles. The number of pyridine rings is 1. The van der Waals surface area contributed by atoms with E-state index >= 15 is 0 Å². The fraction of sp³-hybridized carbons (Fsp3) is 0.321. The number of benzene rings is 1. The normalized spacial score (nSPS) is 18.8. The van der Waals surface area contributed by atoms with Gasteiger partial charge < -0.3 is 15.1 Å². The van der Waals surface area contributed by atoms with Gasteiger partial charge in [-0.3, -0.25) is 14.9 Å². The van der Waals surface area contributed by atoms with E-state index < -0.39 is 0 Å². The van der Waals surface area contributed by atoms with E-state index in [0.29, 0.717) is 30.4 Å². The molecule has 4 aromatic rings. The van der Waals surface area contributed by atoms with Crippen LogP contribution in [0.4, 0.5) is 17.6 Å². The van der Waals surface area contributed by atoms with Gasteiger partial charge in [-0.1, -0.05) is 29.8 Å². The maximum Gasteiger partial charge on any atom is 0.256 e. The molecule has 5 heterocycles. The Labute approximate surface area is 216 Å². The number of rotatable bonds is 5. The lowest BCUT2D eigenvalue weighted by molar-refractivity contribution is 0.0640. The summed E-state index contributed by atoms with van der Waals surface area (Å²) in [6.07, 6.45) is 3.66. The lowest BCUT2D eigenvalue weighted by atomic mass is 10.1. The van der Waals surface area contributed by atoms with Crippen molar-refractivity contribution in [3.8, 4) is 11.3 Å². The summed E-state index contributed by atoms with van der Waals surface area (Å²) >= 11 is 0. The number of carbonyl (C=O) groups excluding carboxylic acids is 1. The molecular formula is C28H30N8O. The first kappa shape index (κ1) is 23.1. The minimum atomic E-state index is 0.0523. The zero-order chi connectivity index (χ0) is 25.5. The number of carbonyl (C=O) groups is 1. The second-order valence-corrected chi connectivity index (χ2v) is 10.1. The number of nitrogens with zero attached hydrogens (tertiary/aromatic N) is 6. The molecule has 9 nitrogen and oxygen atoms in total. The van der Waals surface area contributed by atoms with Crippen LogP contribution in [0.1, 0.15) is 40.2 Å². The summed E-state index contributed by atoms with van der Waals surface area (Å²) in [5, 5.41) is 10.4. The quantitative estimate of drug-likeness (QED) is 0.423. The van der Waals surface area contributed by atoms with Crippen molar-refractivity contribution in [2.24, 2.45) is 0 Å². The molecule has 2 fully saturated rings. The second-order valence-electron chi connectivity index (χ2n) is 10.1. The van der Waals surface area contributed by atoms with Crippen LogP contribution in [0.15, 0.2) is 54.7 Å². The van der Waals surface area contributed by atoms with Gasteiger partial charge in [0, 0.05) is 48.4 Å². The molecule has 6 rings (SSSR count). The summed E-state index contributed by atoms with van der Waals surface area (Å²) in [7, 11) is 0. The fourth-order valence-corrected chi connectivity index (χ4v) is 5.33. The van der Waals surface area contributed by atoms with E-state index in [0.717, 1.165) is 41.3 Å². The summed E-state index contributed by atoms with van der Waals surface area (Å²) in [5.41, 5.74) is 5.62. The number of hydrogen-bond donors (Lipinski definition) is 2. The van der Waals surface area contributed by atoms with Gasteiger partial charge in [0.15, 0.2) is 5.82 Å². The predicted octanol–water partition coefficient (Wildman–Crippen LogP) is 4.42. The Morgan fingerprint density at radius 1 is 0.946 bits per heavy atom. The van der Waals surface area contributed by atoms with Crippen molar-refractivity contribution in [1.29, 1.82) is 0 Å². The van der Waals surface area contributed by atoms with E-state index in [9.17, 15) is 4.79 Å². The number of aromatic amines is 1. The Balaban J connectivity index is 1.17. The molecule has 2 atom stereocenters.